The van der Waals surface area contributed by atoms with Crippen LogP contribution in [0.3, 0.4) is 0 Å². The fraction of sp³-hybridized carbons (Fsp3) is 0.933. The number of carbonyl (C=O) groups is 1. The number of carbonyl (C=O) groups excluding carboxylic acids is 1. The van der Waals surface area contributed by atoms with Gasteiger partial charge < -0.3 is 15.4 Å². The van der Waals surface area contributed by atoms with Crippen LogP contribution in [0.25, 0.3) is 0 Å². The molecule has 3 unspecified atom stereocenters. The Balaban J connectivity index is 2.67. The molecule has 4 nitrogen and oxygen atoms in total. The summed E-state index contributed by atoms with van der Waals surface area (Å²) in [6.45, 7) is 10.1. The minimum absolute atomic E-state index is 0.0797. The second kappa shape index (κ2) is 7.25. The molecule has 3 atom stereocenters. The Morgan fingerprint density at radius 2 is 2.11 bits per heavy atom. The number of hydrogen-bond donors (Lipinski definition) is 1. The molecule has 0 bridgehead atoms. The molecule has 1 aliphatic rings. The minimum Gasteiger partial charge on any atom is -0.361 e. The van der Waals surface area contributed by atoms with E-state index in [1.54, 1.807) is 0 Å². The summed E-state index contributed by atoms with van der Waals surface area (Å²) in [6, 6.07) is 0. The van der Waals surface area contributed by atoms with E-state index in [0.717, 1.165) is 32.4 Å². The molecule has 0 saturated heterocycles. The van der Waals surface area contributed by atoms with Gasteiger partial charge in [0, 0.05) is 19.6 Å². The molecule has 1 saturated carbocycles. The molecule has 1 aliphatic carbocycles. The molecule has 112 valence electrons. The Hall–Kier alpha value is -0.610. The molecule has 0 aliphatic heterocycles. The lowest BCUT2D eigenvalue weighted by Gasteiger charge is -2.41. The highest BCUT2D eigenvalue weighted by atomic mass is 16.5. The molecule has 0 aromatic rings. The fourth-order valence-electron chi connectivity index (χ4n) is 3.17. The number of rotatable bonds is 6. The molecule has 0 aromatic heterocycles. The van der Waals surface area contributed by atoms with Crippen LogP contribution in [0.1, 0.15) is 53.4 Å². The van der Waals surface area contributed by atoms with Gasteiger partial charge in [0.25, 0.3) is 5.91 Å². The second-order valence-corrected chi connectivity index (χ2v) is 5.86. The zero-order valence-electron chi connectivity index (χ0n) is 12.9. The second-order valence-electron chi connectivity index (χ2n) is 5.86. The zero-order chi connectivity index (χ0) is 14.5. The fourth-order valence-corrected chi connectivity index (χ4v) is 3.17. The molecule has 1 amide bonds. The Labute approximate surface area is 117 Å². The molecule has 0 spiro atoms. The Kier molecular flexibility index (Phi) is 6.27. The third-order valence-corrected chi connectivity index (χ3v) is 4.27. The van der Waals surface area contributed by atoms with Gasteiger partial charge in [-0.2, -0.15) is 0 Å². The maximum Gasteiger partial charge on any atom is 0.251 e. The monoisotopic (exact) mass is 270 g/mol. The summed E-state index contributed by atoms with van der Waals surface area (Å²) < 4.78 is 6.13. The van der Waals surface area contributed by atoms with E-state index in [1.807, 2.05) is 25.7 Å². The third-order valence-electron chi connectivity index (χ3n) is 4.27. The Morgan fingerprint density at radius 1 is 1.47 bits per heavy atom. The maximum absolute atomic E-state index is 12.3. The lowest BCUT2D eigenvalue weighted by atomic mass is 9.78. The van der Waals surface area contributed by atoms with Crippen LogP contribution >= 0.6 is 0 Å². The quantitative estimate of drug-likeness (QED) is 0.804. The van der Waals surface area contributed by atoms with Crippen molar-refractivity contribution in [2.24, 2.45) is 11.7 Å². The van der Waals surface area contributed by atoms with Crippen molar-refractivity contribution in [1.82, 2.24) is 4.90 Å². The largest absolute Gasteiger partial charge is 0.361 e. The van der Waals surface area contributed by atoms with Crippen molar-refractivity contribution >= 4 is 5.91 Å². The van der Waals surface area contributed by atoms with Crippen LogP contribution in [-0.2, 0) is 9.53 Å². The van der Waals surface area contributed by atoms with Gasteiger partial charge >= 0.3 is 0 Å². The normalized spacial score (nSPS) is 29.0. The molecular weight excluding hydrogens is 240 g/mol. The van der Waals surface area contributed by atoms with Crippen molar-refractivity contribution < 1.29 is 9.53 Å². The smallest absolute Gasteiger partial charge is 0.251 e. The number of amides is 1. The van der Waals surface area contributed by atoms with Gasteiger partial charge in [-0.1, -0.05) is 19.8 Å². The van der Waals surface area contributed by atoms with Gasteiger partial charge in [-0.25, -0.2) is 0 Å². The van der Waals surface area contributed by atoms with Crippen LogP contribution in [0, 0.1) is 5.92 Å². The minimum atomic E-state index is -0.395. The van der Waals surface area contributed by atoms with Crippen LogP contribution < -0.4 is 5.73 Å². The first-order valence-electron chi connectivity index (χ1n) is 7.64. The lowest BCUT2D eigenvalue weighted by molar-refractivity contribution is -0.160. The maximum atomic E-state index is 12.3. The first-order valence-corrected chi connectivity index (χ1v) is 7.64. The summed E-state index contributed by atoms with van der Waals surface area (Å²) in [5.41, 5.74) is 5.65. The van der Waals surface area contributed by atoms with Crippen LogP contribution in [0.15, 0.2) is 0 Å². The Bertz CT molecular complexity index is 292. The summed E-state index contributed by atoms with van der Waals surface area (Å²) in [6.07, 6.45) is 3.94. The van der Waals surface area contributed by atoms with E-state index in [1.165, 1.54) is 6.42 Å². The van der Waals surface area contributed by atoms with Crippen LogP contribution in [0.4, 0.5) is 0 Å². The molecule has 2 N–H and O–H groups in total. The number of ether oxygens (including phenoxy) is 1. The first-order chi connectivity index (χ1) is 8.98. The molecule has 1 rings (SSSR count). The molecule has 4 heteroatoms. The van der Waals surface area contributed by atoms with Crippen molar-refractivity contribution in [3.63, 3.8) is 0 Å². The number of nitrogens with two attached hydrogens (primary N) is 1. The van der Waals surface area contributed by atoms with Gasteiger partial charge in [-0.05, 0) is 39.5 Å². The summed E-state index contributed by atoms with van der Waals surface area (Å²) in [5.74, 6) is 0.712. The average Bonchev–Trinajstić information content (AvgIpc) is 2.39. The van der Waals surface area contributed by atoms with Gasteiger partial charge in [0.2, 0.25) is 0 Å². The summed E-state index contributed by atoms with van der Waals surface area (Å²) in [7, 11) is 0. The molecular formula is C15H30N2O2. The molecule has 0 radical (unpaired) electrons. The van der Waals surface area contributed by atoms with Crippen LogP contribution in [-0.4, -0.2) is 42.1 Å². The molecule has 0 heterocycles. The van der Waals surface area contributed by atoms with Crippen LogP contribution in [0.2, 0.25) is 0 Å². The topological polar surface area (TPSA) is 55.6 Å². The summed E-state index contributed by atoms with van der Waals surface area (Å²) in [4.78, 5) is 14.1. The number of nitrogens with zero attached hydrogens (tertiary/aromatic N) is 1. The van der Waals surface area contributed by atoms with E-state index in [0.29, 0.717) is 12.5 Å². The predicted molar refractivity (Wildman–Crippen MR) is 77.9 cm³/mol. The van der Waals surface area contributed by atoms with E-state index in [-0.39, 0.29) is 11.5 Å². The van der Waals surface area contributed by atoms with Crippen molar-refractivity contribution in [2.75, 3.05) is 19.6 Å². The van der Waals surface area contributed by atoms with Crippen LogP contribution in [0.5, 0.6) is 0 Å². The van der Waals surface area contributed by atoms with Gasteiger partial charge in [0.1, 0.15) is 6.10 Å². The van der Waals surface area contributed by atoms with E-state index in [4.69, 9.17) is 10.5 Å². The Morgan fingerprint density at radius 3 is 2.58 bits per heavy atom. The van der Waals surface area contributed by atoms with E-state index in [2.05, 4.69) is 6.92 Å². The highest BCUT2D eigenvalue weighted by molar-refractivity contribution is 5.80. The SMILES string of the molecule is CCN(CC)C(=O)C(C)OC1(CN)CCCC(C)C1. The third kappa shape index (κ3) is 4.18. The van der Waals surface area contributed by atoms with E-state index < -0.39 is 6.10 Å². The van der Waals surface area contributed by atoms with Crippen molar-refractivity contribution in [3.8, 4) is 0 Å². The van der Waals surface area contributed by atoms with Gasteiger partial charge in [-0.3, -0.25) is 4.79 Å². The van der Waals surface area contributed by atoms with Gasteiger partial charge in [-0.15, -0.1) is 0 Å². The number of hydrogen-bond acceptors (Lipinski definition) is 3. The first kappa shape index (κ1) is 16.4. The zero-order valence-corrected chi connectivity index (χ0v) is 12.9. The lowest BCUT2D eigenvalue weighted by Crippen LogP contribution is -2.50. The summed E-state index contributed by atoms with van der Waals surface area (Å²) in [5, 5.41) is 0. The molecule has 1 fully saturated rings. The predicted octanol–water partition coefficient (Wildman–Crippen LogP) is 2.17. The van der Waals surface area contributed by atoms with Crippen molar-refractivity contribution in [3.05, 3.63) is 0 Å². The van der Waals surface area contributed by atoms with Crippen molar-refractivity contribution in [2.45, 2.75) is 65.1 Å². The van der Waals surface area contributed by atoms with E-state index in [9.17, 15) is 4.79 Å². The van der Waals surface area contributed by atoms with Gasteiger partial charge in [0.05, 0.1) is 5.60 Å². The van der Waals surface area contributed by atoms with E-state index >= 15 is 0 Å². The van der Waals surface area contributed by atoms with Gasteiger partial charge in [0.15, 0.2) is 0 Å². The molecule has 0 aromatic carbocycles. The highest BCUT2D eigenvalue weighted by Crippen LogP contribution is 2.35. The molecule has 19 heavy (non-hydrogen) atoms. The number of likely N-dealkylation sites (N-methyl/N-ethyl adjacent to an activating group) is 1. The standard InChI is InChI=1S/C15H30N2O2/c1-5-17(6-2)14(18)13(4)19-15(11-16)9-7-8-12(3)10-15/h12-13H,5-11,16H2,1-4H3. The highest BCUT2D eigenvalue weighted by Gasteiger charge is 2.37. The van der Waals surface area contributed by atoms with Crippen molar-refractivity contribution in [1.29, 1.82) is 0 Å². The average molecular weight is 270 g/mol. The summed E-state index contributed by atoms with van der Waals surface area (Å²) >= 11 is 0.